The van der Waals surface area contributed by atoms with E-state index in [2.05, 4.69) is 10.1 Å². The molecule has 122 valence electrons. The van der Waals surface area contributed by atoms with Crippen LogP contribution in [0.4, 0.5) is 13.2 Å². The van der Waals surface area contributed by atoms with E-state index in [0.29, 0.717) is 0 Å². The van der Waals surface area contributed by atoms with E-state index in [0.717, 1.165) is 12.1 Å². The maximum atomic E-state index is 12.1. The second-order valence-corrected chi connectivity index (χ2v) is 5.07. The molecule has 0 heterocycles. The number of carbonyl (C=O) groups is 2. The number of hydrogen-bond donors (Lipinski definition) is 2. The van der Waals surface area contributed by atoms with E-state index >= 15 is 0 Å². The summed E-state index contributed by atoms with van der Waals surface area (Å²) in [6.07, 6.45) is -4.66. The number of carboxylic acids is 1. The van der Waals surface area contributed by atoms with Crippen LogP contribution < -0.4 is 10.1 Å². The third-order valence-electron chi connectivity index (χ3n) is 2.64. The second-order valence-electron chi connectivity index (χ2n) is 5.07. The molecule has 22 heavy (non-hydrogen) atoms. The van der Waals surface area contributed by atoms with Crippen molar-refractivity contribution >= 4 is 11.9 Å². The third kappa shape index (κ3) is 6.02. The first kappa shape index (κ1) is 17.8. The van der Waals surface area contributed by atoms with Gasteiger partial charge < -0.3 is 15.2 Å². The Hall–Kier alpha value is -2.25. The number of alkyl halides is 3. The zero-order valence-electron chi connectivity index (χ0n) is 12.0. The molecule has 0 aromatic heterocycles. The molecule has 1 unspecified atom stereocenters. The lowest BCUT2D eigenvalue weighted by atomic mass is 10.0. The van der Waals surface area contributed by atoms with Crippen molar-refractivity contribution in [1.29, 1.82) is 0 Å². The number of carboxylic acid groups (broad SMARTS) is 1. The zero-order valence-corrected chi connectivity index (χ0v) is 12.0. The van der Waals surface area contributed by atoms with Crippen molar-refractivity contribution in [3.05, 3.63) is 29.8 Å². The fourth-order valence-corrected chi connectivity index (χ4v) is 1.77. The van der Waals surface area contributed by atoms with Crippen molar-refractivity contribution in [2.75, 3.05) is 0 Å². The van der Waals surface area contributed by atoms with Crippen LogP contribution in [0.1, 0.15) is 30.6 Å². The lowest BCUT2D eigenvalue weighted by Gasteiger charge is -2.17. The normalized spacial score (nSPS) is 12.8. The van der Waals surface area contributed by atoms with E-state index < -0.39 is 30.0 Å². The van der Waals surface area contributed by atoms with Crippen LogP contribution in [-0.2, 0) is 4.79 Å². The molecule has 1 atom stereocenters. The van der Waals surface area contributed by atoms with Crippen molar-refractivity contribution in [3.8, 4) is 5.75 Å². The van der Waals surface area contributed by atoms with Crippen molar-refractivity contribution < 1.29 is 32.6 Å². The minimum Gasteiger partial charge on any atom is -0.480 e. The van der Waals surface area contributed by atoms with Crippen molar-refractivity contribution in [2.45, 2.75) is 32.7 Å². The van der Waals surface area contributed by atoms with Gasteiger partial charge in [0.1, 0.15) is 11.8 Å². The van der Waals surface area contributed by atoms with Crippen LogP contribution >= 0.6 is 0 Å². The van der Waals surface area contributed by atoms with Gasteiger partial charge in [0.15, 0.2) is 0 Å². The molecule has 1 rings (SSSR count). The minimum absolute atomic E-state index is 0.0290. The SMILES string of the molecule is CC(C)CC(NC(=O)c1cccc(OC(F)(F)F)c1)C(=O)O. The largest absolute Gasteiger partial charge is 0.573 e. The molecular weight excluding hydrogens is 303 g/mol. The number of benzene rings is 1. The number of carbonyl (C=O) groups excluding carboxylic acids is 1. The van der Waals surface area contributed by atoms with E-state index in [1.807, 2.05) is 0 Å². The van der Waals surface area contributed by atoms with Gasteiger partial charge in [0.05, 0.1) is 0 Å². The fourth-order valence-electron chi connectivity index (χ4n) is 1.77. The highest BCUT2D eigenvalue weighted by Gasteiger charge is 2.31. The monoisotopic (exact) mass is 319 g/mol. The highest BCUT2D eigenvalue weighted by atomic mass is 19.4. The number of halogens is 3. The molecule has 1 aromatic rings. The highest BCUT2D eigenvalue weighted by molar-refractivity contribution is 5.96. The molecule has 0 aliphatic heterocycles. The Morgan fingerprint density at radius 3 is 2.45 bits per heavy atom. The molecule has 0 saturated carbocycles. The zero-order chi connectivity index (χ0) is 16.9. The molecule has 0 spiro atoms. The van der Waals surface area contributed by atoms with Crippen LogP contribution in [0.5, 0.6) is 5.75 Å². The van der Waals surface area contributed by atoms with Crippen molar-refractivity contribution in [3.63, 3.8) is 0 Å². The molecule has 8 heteroatoms. The summed E-state index contributed by atoms with van der Waals surface area (Å²) < 4.78 is 40.1. The minimum atomic E-state index is -4.86. The van der Waals surface area contributed by atoms with Gasteiger partial charge in [0.2, 0.25) is 0 Å². The topological polar surface area (TPSA) is 75.6 Å². The number of ether oxygens (including phenoxy) is 1. The Morgan fingerprint density at radius 1 is 1.32 bits per heavy atom. The number of rotatable bonds is 6. The summed E-state index contributed by atoms with van der Waals surface area (Å²) in [5.74, 6) is -2.50. The van der Waals surface area contributed by atoms with Crippen LogP contribution in [0, 0.1) is 5.92 Å². The van der Waals surface area contributed by atoms with E-state index in [9.17, 15) is 22.8 Å². The lowest BCUT2D eigenvalue weighted by molar-refractivity contribution is -0.274. The van der Waals surface area contributed by atoms with Crippen molar-refractivity contribution in [2.24, 2.45) is 5.92 Å². The number of nitrogens with one attached hydrogen (secondary N) is 1. The van der Waals surface area contributed by atoms with E-state index in [4.69, 9.17) is 5.11 Å². The van der Waals surface area contributed by atoms with Gasteiger partial charge >= 0.3 is 12.3 Å². The summed E-state index contributed by atoms with van der Waals surface area (Å²) in [6.45, 7) is 3.58. The van der Waals surface area contributed by atoms with Gasteiger partial charge in [-0.25, -0.2) is 4.79 Å². The standard InChI is InChI=1S/C14H16F3NO4/c1-8(2)6-11(13(20)21)18-12(19)9-4-3-5-10(7-9)22-14(15,16)17/h3-5,7-8,11H,6H2,1-2H3,(H,18,19)(H,20,21). The van der Waals surface area contributed by atoms with Gasteiger partial charge in [0.25, 0.3) is 5.91 Å². The molecule has 1 aromatic carbocycles. The van der Waals surface area contributed by atoms with Crippen LogP contribution in [0.2, 0.25) is 0 Å². The van der Waals surface area contributed by atoms with Gasteiger partial charge in [-0.15, -0.1) is 13.2 Å². The van der Waals surface area contributed by atoms with Crippen LogP contribution in [0.25, 0.3) is 0 Å². The van der Waals surface area contributed by atoms with Gasteiger partial charge in [-0.3, -0.25) is 4.79 Å². The molecule has 1 amide bonds. The summed E-state index contributed by atoms with van der Waals surface area (Å²) in [5.41, 5.74) is -0.114. The summed E-state index contributed by atoms with van der Waals surface area (Å²) in [7, 11) is 0. The molecule has 0 fully saturated rings. The third-order valence-corrected chi connectivity index (χ3v) is 2.64. The predicted molar refractivity (Wildman–Crippen MR) is 71.5 cm³/mol. The summed E-state index contributed by atoms with van der Waals surface area (Å²) in [6, 6.07) is 3.32. The molecule has 5 nitrogen and oxygen atoms in total. The quantitative estimate of drug-likeness (QED) is 0.845. The summed E-state index contributed by atoms with van der Waals surface area (Å²) in [4.78, 5) is 23.0. The molecule has 0 radical (unpaired) electrons. The molecule has 0 bridgehead atoms. The maximum absolute atomic E-state index is 12.1. The Bertz CT molecular complexity index is 543. The number of aliphatic carboxylic acids is 1. The first-order valence-corrected chi connectivity index (χ1v) is 6.48. The van der Waals surface area contributed by atoms with Gasteiger partial charge in [-0.05, 0) is 30.5 Å². The Morgan fingerprint density at radius 2 is 1.95 bits per heavy atom. The Labute approximate surface area is 125 Å². The smallest absolute Gasteiger partial charge is 0.480 e. The predicted octanol–water partition coefficient (Wildman–Crippen LogP) is 2.81. The second kappa shape index (κ2) is 7.15. The highest BCUT2D eigenvalue weighted by Crippen LogP contribution is 2.23. The van der Waals surface area contributed by atoms with E-state index in [1.54, 1.807) is 13.8 Å². The molecule has 0 aliphatic rings. The van der Waals surface area contributed by atoms with Gasteiger partial charge in [-0.1, -0.05) is 19.9 Å². The van der Waals surface area contributed by atoms with Crippen LogP contribution in [-0.4, -0.2) is 29.4 Å². The van der Waals surface area contributed by atoms with Crippen LogP contribution in [0.3, 0.4) is 0 Å². The molecule has 0 saturated heterocycles. The first-order valence-electron chi connectivity index (χ1n) is 6.48. The Balaban J connectivity index is 2.84. The maximum Gasteiger partial charge on any atom is 0.573 e. The van der Waals surface area contributed by atoms with E-state index in [1.165, 1.54) is 12.1 Å². The fraction of sp³-hybridized carbons (Fsp3) is 0.429. The number of amides is 1. The number of hydrogen-bond acceptors (Lipinski definition) is 3. The summed E-state index contributed by atoms with van der Waals surface area (Å²) >= 11 is 0. The Kier molecular flexibility index (Phi) is 5.78. The molecular formula is C14H16F3NO4. The lowest BCUT2D eigenvalue weighted by Crippen LogP contribution is -2.41. The molecule has 0 aliphatic carbocycles. The van der Waals surface area contributed by atoms with Gasteiger partial charge in [-0.2, -0.15) is 0 Å². The van der Waals surface area contributed by atoms with Crippen LogP contribution in [0.15, 0.2) is 24.3 Å². The first-order chi connectivity index (χ1) is 10.1. The average molecular weight is 319 g/mol. The average Bonchev–Trinajstić information content (AvgIpc) is 2.35. The van der Waals surface area contributed by atoms with E-state index in [-0.39, 0.29) is 17.9 Å². The molecule has 2 N–H and O–H groups in total. The summed E-state index contributed by atoms with van der Waals surface area (Å²) in [5, 5.41) is 11.3. The van der Waals surface area contributed by atoms with Gasteiger partial charge in [0, 0.05) is 5.56 Å². The van der Waals surface area contributed by atoms with Crippen molar-refractivity contribution in [1.82, 2.24) is 5.32 Å².